The van der Waals surface area contributed by atoms with Gasteiger partial charge in [-0.05, 0) is 19.9 Å². The minimum atomic E-state index is -0.975. The molecule has 0 bridgehead atoms. The van der Waals surface area contributed by atoms with Crippen LogP contribution in [0.15, 0.2) is 12.6 Å². The first-order valence-corrected chi connectivity index (χ1v) is 3.61. The molecule has 0 saturated carbocycles. The maximum Gasteiger partial charge on any atom is 0.335 e. The van der Waals surface area contributed by atoms with E-state index in [1.807, 2.05) is 13.8 Å². The second kappa shape index (κ2) is 2.85. The number of carboxylic acids is 1. The number of rotatable bonds is 2. The minimum Gasteiger partial charge on any atom is -0.478 e. The van der Waals surface area contributed by atoms with Crippen LogP contribution in [-0.4, -0.2) is 16.1 Å². The third-order valence-corrected chi connectivity index (χ3v) is 1.73. The lowest BCUT2D eigenvalue weighted by Crippen LogP contribution is -1.97. The fourth-order valence-electron chi connectivity index (χ4n) is 1.15. The summed E-state index contributed by atoms with van der Waals surface area (Å²) in [7, 11) is 0. The molecule has 0 aliphatic carbocycles. The van der Waals surface area contributed by atoms with Crippen molar-refractivity contribution in [2.75, 3.05) is 0 Å². The molecule has 0 atom stereocenters. The zero-order valence-corrected chi connectivity index (χ0v) is 7.14. The zero-order chi connectivity index (χ0) is 9.30. The van der Waals surface area contributed by atoms with Gasteiger partial charge in [-0.3, -0.25) is 0 Å². The fourth-order valence-corrected chi connectivity index (χ4v) is 1.15. The number of carbonyl (C=O) groups is 1. The summed E-state index contributed by atoms with van der Waals surface area (Å²) in [5, 5.41) is 8.66. The van der Waals surface area contributed by atoms with Crippen molar-refractivity contribution in [1.29, 1.82) is 0 Å². The van der Waals surface area contributed by atoms with Crippen LogP contribution < -0.4 is 0 Å². The van der Waals surface area contributed by atoms with Crippen LogP contribution in [0.25, 0.3) is 5.57 Å². The summed E-state index contributed by atoms with van der Waals surface area (Å²) in [5.74, 6) is -0.975. The molecule has 12 heavy (non-hydrogen) atoms. The Morgan fingerprint density at radius 2 is 2.17 bits per heavy atom. The van der Waals surface area contributed by atoms with Crippen molar-refractivity contribution in [2.45, 2.75) is 13.8 Å². The second-order valence-corrected chi connectivity index (χ2v) is 2.77. The highest BCUT2D eigenvalue weighted by Gasteiger charge is 2.11. The van der Waals surface area contributed by atoms with E-state index in [0.717, 1.165) is 11.4 Å². The second-order valence-electron chi connectivity index (χ2n) is 2.77. The van der Waals surface area contributed by atoms with Gasteiger partial charge in [0.15, 0.2) is 0 Å². The summed E-state index contributed by atoms with van der Waals surface area (Å²) in [6.45, 7) is 7.19. The predicted octanol–water partition coefficient (Wildman–Crippen LogP) is 1.73. The molecule has 1 rings (SSSR count). The van der Waals surface area contributed by atoms with E-state index >= 15 is 0 Å². The lowest BCUT2D eigenvalue weighted by Gasteiger charge is -1.96. The van der Waals surface area contributed by atoms with Gasteiger partial charge in [-0.15, -0.1) is 0 Å². The number of aryl methyl sites for hydroxylation is 2. The molecule has 0 fully saturated rings. The van der Waals surface area contributed by atoms with Crippen molar-refractivity contribution in [1.82, 2.24) is 4.98 Å². The van der Waals surface area contributed by atoms with Gasteiger partial charge in [0, 0.05) is 17.0 Å². The SMILES string of the molecule is C=C(C(=O)O)c1cc(C)[nH]c1C. The maximum absolute atomic E-state index is 10.5. The normalized spacial score (nSPS) is 9.83. The molecule has 2 N–H and O–H groups in total. The van der Waals surface area contributed by atoms with Crippen molar-refractivity contribution >= 4 is 11.5 Å². The Morgan fingerprint density at radius 1 is 1.58 bits per heavy atom. The van der Waals surface area contributed by atoms with Gasteiger partial charge < -0.3 is 10.1 Å². The Labute approximate surface area is 70.7 Å². The first-order valence-electron chi connectivity index (χ1n) is 3.61. The topological polar surface area (TPSA) is 53.1 Å². The first kappa shape index (κ1) is 8.59. The number of aromatic amines is 1. The summed E-state index contributed by atoms with van der Waals surface area (Å²) in [5.41, 5.74) is 2.61. The van der Waals surface area contributed by atoms with Crippen molar-refractivity contribution < 1.29 is 9.90 Å². The van der Waals surface area contributed by atoms with Crippen molar-refractivity contribution in [3.05, 3.63) is 29.6 Å². The molecule has 0 radical (unpaired) electrons. The monoisotopic (exact) mass is 165 g/mol. The third-order valence-electron chi connectivity index (χ3n) is 1.73. The Hall–Kier alpha value is -1.51. The molecule has 0 spiro atoms. The first-order chi connectivity index (χ1) is 5.52. The van der Waals surface area contributed by atoms with E-state index in [2.05, 4.69) is 11.6 Å². The molecule has 3 nitrogen and oxygen atoms in total. The van der Waals surface area contributed by atoms with E-state index in [1.54, 1.807) is 6.07 Å². The van der Waals surface area contributed by atoms with Crippen LogP contribution in [0, 0.1) is 13.8 Å². The standard InChI is InChI=1S/C9H11NO2/c1-5-4-8(7(3)10-5)6(2)9(11)12/h4,10H,2H2,1,3H3,(H,11,12). The number of aliphatic carboxylic acids is 1. The highest BCUT2D eigenvalue weighted by atomic mass is 16.4. The molecular formula is C9H11NO2. The van der Waals surface area contributed by atoms with E-state index in [1.165, 1.54) is 0 Å². The lowest BCUT2D eigenvalue weighted by atomic mass is 10.1. The van der Waals surface area contributed by atoms with E-state index in [9.17, 15) is 4.79 Å². The van der Waals surface area contributed by atoms with E-state index < -0.39 is 5.97 Å². The van der Waals surface area contributed by atoms with Gasteiger partial charge in [-0.2, -0.15) is 0 Å². The van der Waals surface area contributed by atoms with Crippen LogP contribution in [0.3, 0.4) is 0 Å². The lowest BCUT2D eigenvalue weighted by molar-refractivity contribution is -0.130. The van der Waals surface area contributed by atoms with Gasteiger partial charge >= 0.3 is 5.97 Å². The molecule has 0 unspecified atom stereocenters. The summed E-state index contributed by atoms with van der Waals surface area (Å²) in [6.07, 6.45) is 0. The highest BCUT2D eigenvalue weighted by molar-refractivity contribution is 6.14. The van der Waals surface area contributed by atoms with Gasteiger partial charge in [-0.25, -0.2) is 4.79 Å². The van der Waals surface area contributed by atoms with Crippen LogP contribution in [0.5, 0.6) is 0 Å². The van der Waals surface area contributed by atoms with E-state index in [4.69, 9.17) is 5.11 Å². The number of hydrogen-bond acceptors (Lipinski definition) is 1. The van der Waals surface area contributed by atoms with Gasteiger partial charge in [0.25, 0.3) is 0 Å². The Kier molecular flexibility index (Phi) is 2.04. The maximum atomic E-state index is 10.5. The molecule has 1 heterocycles. The van der Waals surface area contributed by atoms with Crippen molar-refractivity contribution in [3.8, 4) is 0 Å². The molecule has 0 amide bonds. The average molecular weight is 165 g/mol. The quantitative estimate of drug-likeness (QED) is 0.655. The van der Waals surface area contributed by atoms with Gasteiger partial charge in [0.05, 0.1) is 5.57 Å². The third kappa shape index (κ3) is 1.39. The minimum absolute atomic E-state index is 0.136. The summed E-state index contributed by atoms with van der Waals surface area (Å²) >= 11 is 0. The van der Waals surface area contributed by atoms with Gasteiger partial charge in [0.1, 0.15) is 0 Å². The number of H-pyrrole nitrogens is 1. The molecule has 3 heteroatoms. The molecule has 64 valence electrons. The van der Waals surface area contributed by atoms with Crippen molar-refractivity contribution in [2.24, 2.45) is 0 Å². The zero-order valence-electron chi connectivity index (χ0n) is 7.14. The Balaban J connectivity index is 3.11. The van der Waals surface area contributed by atoms with E-state index in [-0.39, 0.29) is 5.57 Å². The summed E-state index contributed by atoms with van der Waals surface area (Å²) in [4.78, 5) is 13.6. The molecular weight excluding hydrogens is 154 g/mol. The molecule has 0 saturated heterocycles. The van der Waals surface area contributed by atoms with Crippen LogP contribution in [-0.2, 0) is 4.79 Å². The average Bonchev–Trinajstić information content (AvgIpc) is 2.28. The van der Waals surface area contributed by atoms with Gasteiger partial charge in [-0.1, -0.05) is 6.58 Å². The summed E-state index contributed by atoms with van der Waals surface area (Å²) < 4.78 is 0. The summed E-state index contributed by atoms with van der Waals surface area (Å²) in [6, 6.07) is 1.78. The Morgan fingerprint density at radius 3 is 2.50 bits per heavy atom. The number of carboxylic acid groups (broad SMARTS) is 1. The smallest absolute Gasteiger partial charge is 0.335 e. The van der Waals surface area contributed by atoms with Crippen LogP contribution in [0.2, 0.25) is 0 Å². The van der Waals surface area contributed by atoms with Gasteiger partial charge in [0.2, 0.25) is 0 Å². The number of nitrogens with one attached hydrogen (secondary N) is 1. The molecule has 1 aromatic heterocycles. The molecule has 0 aromatic carbocycles. The van der Waals surface area contributed by atoms with E-state index in [0.29, 0.717) is 5.56 Å². The number of aromatic nitrogens is 1. The molecule has 1 aromatic rings. The highest BCUT2D eigenvalue weighted by Crippen LogP contribution is 2.17. The largest absolute Gasteiger partial charge is 0.478 e. The fraction of sp³-hybridized carbons (Fsp3) is 0.222. The van der Waals surface area contributed by atoms with Crippen molar-refractivity contribution in [3.63, 3.8) is 0 Å². The van der Waals surface area contributed by atoms with Crippen LogP contribution in [0.1, 0.15) is 17.0 Å². The van der Waals surface area contributed by atoms with Crippen LogP contribution in [0.4, 0.5) is 0 Å². The number of hydrogen-bond donors (Lipinski definition) is 2. The molecule has 0 aliphatic rings. The predicted molar refractivity (Wildman–Crippen MR) is 46.9 cm³/mol. The Bertz CT molecular complexity index is 336. The molecule has 0 aliphatic heterocycles. The van der Waals surface area contributed by atoms with Crippen LogP contribution >= 0.6 is 0 Å².